The number of rotatable bonds is 5. The first-order valence-corrected chi connectivity index (χ1v) is 8.30. The first-order valence-electron chi connectivity index (χ1n) is 7.51. The fourth-order valence-electron chi connectivity index (χ4n) is 2.47. The number of aromatic nitrogens is 3. The molecule has 0 radical (unpaired) electrons. The van der Waals surface area contributed by atoms with Gasteiger partial charge >= 0.3 is 17.4 Å². The van der Waals surface area contributed by atoms with Crippen LogP contribution in [-0.2, 0) is 9.53 Å². The molecule has 0 spiro atoms. The summed E-state index contributed by atoms with van der Waals surface area (Å²) in [6, 6.07) is 4.70. The van der Waals surface area contributed by atoms with Gasteiger partial charge in [0.25, 0.3) is 0 Å². The normalized spacial score (nSPS) is 17.1. The van der Waals surface area contributed by atoms with Gasteiger partial charge in [-0.2, -0.15) is 0 Å². The lowest BCUT2D eigenvalue weighted by atomic mass is 10.3. The fraction of sp³-hybridized carbons (Fsp3) is 0.429. The van der Waals surface area contributed by atoms with E-state index in [0.29, 0.717) is 20.6 Å². The second kappa shape index (κ2) is 7.14. The lowest BCUT2D eigenvalue weighted by Gasteiger charge is -2.11. The van der Waals surface area contributed by atoms with Crippen LogP contribution in [0.25, 0.3) is 11.0 Å². The van der Waals surface area contributed by atoms with Gasteiger partial charge in [0.15, 0.2) is 5.52 Å². The molecule has 0 bridgehead atoms. The molecule has 1 aromatic carbocycles. The van der Waals surface area contributed by atoms with Crippen LogP contribution in [0, 0.1) is 10.4 Å². The molecular weight excluding hydrogens is 382 g/mol. The molecule has 0 unspecified atom stereocenters. The van der Waals surface area contributed by atoms with Gasteiger partial charge in [0.2, 0.25) is 5.10 Å². The van der Waals surface area contributed by atoms with Crippen LogP contribution >= 0.6 is 15.9 Å². The maximum absolute atomic E-state index is 12.2. The van der Waals surface area contributed by atoms with Crippen molar-refractivity contribution >= 4 is 38.9 Å². The molecule has 2 aromatic rings. The van der Waals surface area contributed by atoms with Crippen molar-refractivity contribution in [3.8, 4) is 0 Å². The van der Waals surface area contributed by atoms with Crippen LogP contribution in [0.3, 0.4) is 0 Å². The van der Waals surface area contributed by atoms with E-state index < -0.39 is 0 Å². The predicted octanol–water partition coefficient (Wildman–Crippen LogP) is -0.0288. The summed E-state index contributed by atoms with van der Waals surface area (Å²) in [7, 11) is 0. The van der Waals surface area contributed by atoms with Gasteiger partial charge in [-0.15, -0.1) is 0 Å². The third-order valence-corrected chi connectivity index (χ3v) is 4.16. The fourth-order valence-corrected chi connectivity index (χ4v) is 2.82. The van der Waals surface area contributed by atoms with E-state index in [-0.39, 0.29) is 42.0 Å². The number of esters is 1. The number of halogens is 1. The number of anilines is 1. The highest BCUT2D eigenvalue weighted by Gasteiger charge is 2.22. The zero-order chi connectivity index (χ0) is 17.1. The summed E-state index contributed by atoms with van der Waals surface area (Å²) >= 11 is 3.24. The number of carbonyl (C=O) groups is 1. The molecule has 1 atom stereocenters. The molecule has 2 heterocycles. The topological polar surface area (TPSA) is 117 Å². The van der Waals surface area contributed by atoms with Crippen molar-refractivity contribution in [2.45, 2.75) is 18.9 Å². The van der Waals surface area contributed by atoms with Gasteiger partial charge in [0.1, 0.15) is 6.10 Å². The zero-order valence-corrected chi connectivity index (χ0v) is 14.3. The summed E-state index contributed by atoms with van der Waals surface area (Å²) in [6.45, 7) is 1.65. The Morgan fingerprint density at radius 3 is 3.04 bits per heavy atom. The molecule has 0 aliphatic carbocycles. The van der Waals surface area contributed by atoms with Crippen molar-refractivity contribution in [3.05, 3.63) is 33.1 Å². The van der Waals surface area contributed by atoms with Gasteiger partial charge in [-0.3, -0.25) is 10.1 Å². The van der Waals surface area contributed by atoms with E-state index >= 15 is 0 Å². The Hall–Kier alpha value is -2.20. The summed E-state index contributed by atoms with van der Waals surface area (Å²) in [4.78, 5) is 12.1. The molecule has 10 heteroatoms. The van der Waals surface area contributed by atoms with Gasteiger partial charge in [0.05, 0.1) is 13.0 Å². The first-order chi connectivity index (χ1) is 11.5. The number of nitrogens with zero attached hydrogens (tertiary/aromatic N) is 3. The minimum Gasteiger partial charge on any atom is -0.739 e. The third kappa shape index (κ3) is 3.65. The van der Waals surface area contributed by atoms with Crippen molar-refractivity contribution in [1.29, 1.82) is 0 Å². The van der Waals surface area contributed by atoms with E-state index in [1.165, 1.54) is 12.1 Å². The summed E-state index contributed by atoms with van der Waals surface area (Å²) in [6.07, 6.45) is 0.788. The molecule has 1 fully saturated rings. The van der Waals surface area contributed by atoms with Gasteiger partial charge < -0.3 is 20.5 Å². The number of ether oxygens (including phenoxy) is 1. The molecule has 0 saturated carbocycles. The largest absolute Gasteiger partial charge is 0.739 e. The second-order valence-corrected chi connectivity index (χ2v) is 6.32. The monoisotopic (exact) mass is 397 g/mol. The summed E-state index contributed by atoms with van der Waals surface area (Å²) < 4.78 is 6.47. The van der Waals surface area contributed by atoms with Gasteiger partial charge in [0, 0.05) is 21.9 Å². The Morgan fingerprint density at radius 1 is 1.46 bits per heavy atom. The highest BCUT2D eigenvalue weighted by Crippen LogP contribution is 2.14. The van der Waals surface area contributed by atoms with E-state index in [0.717, 1.165) is 13.0 Å². The highest BCUT2D eigenvalue weighted by atomic mass is 79.9. The van der Waals surface area contributed by atoms with Crippen LogP contribution in [0.2, 0.25) is 0 Å². The lowest BCUT2D eigenvalue weighted by Crippen LogP contribution is -2.44. The molecule has 128 valence electrons. The molecular formula is C14H16BrN5O4. The molecule has 1 aliphatic heterocycles. The molecule has 1 saturated heterocycles. The van der Waals surface area contributed by atoms with Crippen molar-refractivity contribution in [3.63, 3.8) is 0 Å². The molecule has 24 heavy (non-hydrogen) atoms. The molecule has 0 amide bonds. The van der Waals surface area contributed by atoms with E-state index in [1.54, 1.807) is 6.07 Å². The Kier molecular flexibility index (Phi) is 4.95. The Bertz CT molecular complexity index is 766. The highest BCUT2D eigenvalue weighted by molar-refractivity contribution is 9.10. The summed E-state index contributed by atoms with van der Waals surface area (Å²) in [5.74, 6) is -0.511. The smallest absolute Gasteiger partial charge is 0.460 e. The predicted molar refractivity (Wildman–Crippen MR) is 87.8 cm³/mol. The van der Waals surface area contributed by atoms with Crippen molar-refractivity contribution in [2.24, 2.45) is 0 Å². The number of benzene rings is 1. The Labute approximate surface area is 145 Å². The van der Waals surface area contributed by atoms with Gasteiger partial charge in [-0.1, -0.05) is 15.9 Å². The average Bonchev–Trinajstić information content (AvgIpc) is 3.05. The molecule has 1 aromatic heterocycles. The minimum atomic E-state index is -0.353. The zero-order valence-electron chi connectivity index (χ0n) is 12.7. The molecule has 3 rings (SSSR count). The van der Waals surface area contributed by atoms with Crippen molar-refractivity contribution in [1.82, 2.24) is 10.4 Å². The third-order valence-electron chi connectivity index (χ3n) is 3.67. The Balaban J connectivity index is 1.63. The average molecular weight is 398 g/mol. The maximum Gasteiger partial charge on any atom is 0.460 e. The van der Waals surface area contributed by atoms with E-state index in [9.17, 15) is 15.2 Å². The summed E-state index contributed by atoms with van der Waals surface area (Å²) in [5, 5.41) is 33.6. The number of nitrogens with one attached hydrogen (secondary N) is 2. The van der Waals surface area contributed by atoms with E-state index in [2.05, 4.69) is 31.7 Å². The van der Waals surface area contributed by atoms with Crippen LogP contribution in [0.1, 0.15) is 12.8 Å². The minimum absolute atomic E-state index is 0.0788. The Morgan fingerprint density at radius 2 is 2.29 bits per heavy atom. The SMILES string of the molecule is O=C(CCNc1n[n+]([O-])c2cc(Br)ccc2[n+]1[O-])O[C@@H]1CCNC1. The van der Waals surface area contributed by atoms with Crippen LogP contribution in [0.5, 0.6) is 0 Å². The standard InChI is InChI=1S/C14H16BrN5O4/c15-9-1-2-11-12(7-9)20(23)18-14(19(11)22)17-6-4-13(21)24-10-3-5-16-8-10/h1-2,7,10,16H,3-6,8H2,(H,17,18)/t10-/m1/s1. The summed E-state index contributed by atoms with van der Waals surface area (Å²) in [5.41, 5.74) is 0.336. The van der Waals surface area contributed by atoms with Gasteiger partial charge in [-0.05, 0) is 25.1 Å². The lowest BCUT2D eigenvalue weighted by molar-refractivity contribution is -0.672. The van der Waals surface area contributed by atoms with Gasteiger partial charge in [-0.25, -0.2) is 4.73 Å². The first kappa shape index (κ1) is 16.7. The second-order valence-electron chi connectivity index (χ2n) is 5.41. The van der Waals surface area contributed by atoms with Crippen LogP contribution in [-0.4, -0.2) is 36.8 Å². The molecule has 9 nitrogen and oxygen atoms in total. The van der Waals surface area contributed by atoms with E-state index in [1.807, 2.05) is 0 Å². The maximum atomic E-state index is 12.2. The van der Waals surface area contributed by atoms with E-state index in [4.69, 9.17) is 4.74 Å². The molecule has 1 aliphatic rings. The van der Waals surface area contributed by atoms with Crippen LogP contribution < -0.4 is 20.2 Å². The quantitative estimate of drug-likeness (QED) is 0.413. The van der Waals surface area contributed by atoms with Crippen molar-refractivity contribution < 1.29 is 19.1 Å². The van der Waals surface area contributed by atoms with Crippen LogP contribution in [0.15, 0.2) is 22.7 Å². The number of carbonyl (C=O) groups excluding carboxylic acids is 1. The number of hydrogen-bond acceptors (Lipinski definition) is 7. The van der Waals surface area contributed by atoms with Crippen molar-refractivity contribution in [2.75, 3.05) is 25.0 Å². The number of fused-ring (bicyclic) bond motifs is 1. The number of hydrogen-bond donors (Lipinski definition) is 2. The molecule has 2 N–H and O–H groups in total. The van der Waals surface area contributed by atoms with Crippen LogP contribution in [0.4, 0.5) is 5.95 Å².